The van der Waals surface area contributed by atoms with Crippen LogP contribution in [0.3, 0.4) is 0 Å². The zero-order chi connectivity index (χ0) is 14.0. The molecule has 0 aliphatic rings. The van der Waals surface area contributed by atoms with Crippen LogP contribution in [0.15, 0.2) is 34.9 Å². The van der Waals surface area contributed by atoms with Gasteiger partial charge in [-0.25, -0.2) is 14.2 Å². The number of nitrogens with one attached hydrogen (secondary N) is 1. The molecule has 0 bridgehead atoms. The molecule has 1 heterocycles. The van der Waals surface area contributed by atoms with Gasteiger partial charge in [-0.3, -0.25) is 0 Å². The van der Waals surface area contributed by atoms with Crippen molar-refractivity contribution in [1.29, 1.82) is 0 Å². The Hall–Kier alpha value is -1.95. The van der Waals surface area contributed by atoms with E-state index in [9.17, 15) is 14.3 Å². The molecule has 19 heavy (non-hydrogen) atoms. The smallest absolute Gasteiger partial charge is 0.340 e. The van der Waals surface area contributed by atoms with E-state index < -0.39 is 11.8 Å². The standard InChI is InChI=1S/C13H10BrFN2O2/c1-16-12-11(13(18)19)8(4-5-17-12)9-6-7(14)2-3-10(9)15/h2-6H,1H3,(H,16,17)(H,18,19). The molecule has 2 rings (SSSR count). The monoisotopic (exact) mass is 324 g/mol. The maximum absolute atomic E-state index is 13.9. The Morgan fingerprint density at radius 2 is 2.11 bits per heavy atom. The first kappa shape index (κ1) is 13.5. The maximum atomic E-state index is 13.9. The highest BCUT2D eigenvalue weighted by atomic mass is 79.9. The number of carboxylic acid groups (broad SMARTS) is 1. The molecule has 2 aromatic rings. The van der Waals surface area contributed by atoms with Crippen molar-refractivity contribution in [1.82, 2.24) is 4.98 Å². The third kappa shape index (κ3) is 2.58. The van der Waals surface area contributed by atoms with Gasteiger partial charge in [0.2, 0.25) is 0 Å². The molecule has 1 aromatic heterocycles. The molecule has 0 spiro atoms. The van der Waals surface area contributed by atoms with Crippen molar-refractivity contribution in [3.05, 3.63) is 46.3 Å². The second kappa shape index (κ2) is 5.36. The molecule has 1 aromatic carbocycles. The van der Waals surface area contributed by atoms with Crippen molar-refractivity contribution < 1.29 is 14.3 Å². The molecular formula is C13H10BrFN2O2. The predicted molar refractivity (Wildman–Crippen MR) is 73.8 cm³/mol. The molecule has 0 saturated carbocycles. The van der Waals surface area contributed by atoms with Crippen molar-refractivity contribution >= 4 is 27.7 Å². The molecule has 2 N–H and O–H groups in total. The van der Waals surface area contributed by atoms with Gasteiger partial charge in [-0.1, -0.05) is 15.9 Å². The van der Waals surface area contributed by atoms with Crippen LogP contribution < -0.4 is 5.32 Å². The number of halogens is 2. The van der Waals surface area contributed by atoms with Crippen LogP contribution in [-0.4, -0.2) is 23.1 Å². The van der Waals surface area contributed by atoms with E-state index in [0.717, 1.165) is 0 Å². The van der Waals surface area contributed by atoms with Gasteiger partial charge in [-0.05, 0) is 24.3 Å². The largest absolute Gasteiger partial charge is 0.478 e. The van der Waals surface area contributed by atoms with Crippen molar-refractivity contribution in [2.45, 2.75) is 0 Å². The molecule has 0 amide bonds. The number of aromatic carboxylic acids is 1. The Morgan fingerprint density at radius 3 is 2.74 bits per heavy atom. The lowest BCUT2D eigenvalue weighted by Crippen LogP contribution is -2.07. The second-order valence-electron chi connectivity index (χ2n) is 3.76. The minimum absolute atomic E-state index is 0.0537. The first-order valence-electron chi connectivity index (χ1n) is 5.40. The van der Waals surface area contributed by atoms with Gasteiger partial charge in [0.25, 0.3) is 0 Å². The molecule has 0 unspecified atom stereocenters. The zero-order valence-corrected chi connectivity index (χ0v) is 11.5. The lowest BCUT2D eigenvalue weighted by molar-refractivity contribution is 0.0698. The Balaban J connectivity index is 2.75. The summed E-state index contributed by atoms with van der Waals surface area (Å²) in [5, 5.41) is 12.0. The van der Waals surface area contributed by atoms with Crippen molar-refractivity contribution in [2.75, 3.05) is 12.4 Å². The van der Waals surface area contributed by atoms with E-state index in [1.807, 2.05) is 0 Å². The van der Waals surface area contributed by atoms with Crippen LogP contribution in [0.5, 0.6) is 0 Å². The number of rotatable bonds is 3. The number of pyridine rings is 1. The van der Waals surface area contributed by atoms with Gasteiger partial charge >= 0.3 is 5.97 Å². The summed E-state index contributed by atoms with van der Waals surface area (Å²) >= 11 is 3.25. The van der Waals surface area contributed by atoms with Gasteiger partial charge in [0.1, 0.15) is 17.2 Å². The highest BCUT2D eigenvalue weighted by molar-refractivity contribution is 9.10. The summed E-state index contributed by atoms with van der Waals surface area (Å²) in [5.41, 5.74) is 0.443. The van der Waals surface area contributed by atoms with E-state index in [2.05, 4.69) is 26.2 Å². The average Bonchev–Trinajstić information content (AvgIpc) is 2.40. The van der Waals surface area contributed by atoms with Gasteiger partial charge in [0.15, 0.2) is 0 Å². The summed E-state index contributed by atoms with van der Waals surface area (Å²) < 4.78 is 14.5. The molecule has 98 valence electrons. The highest BCUT2D eigenvalue weighted by Crippen LogP contribution is 2.31. The van der Waals surface area contributed by atoms with Crippen LogP contribution in [0.4, 0.5) is 10.2 Å². The average molecular weight is 325 g/mol. The summed E-state index contributed by atoms with van der Waals surface area (Å²) in [6.07, 6.45) is 1.44. The number of nitrogens with zero attached hydrogens (tertiary/aromatic N) is 1. The van der Waals surface area contributed by atoms with Gasteiger partial charge in [-0.2, -0.15) is 0 Å². The highest BCUT2D eigenvalue weighted by Gasteiger charge is 2.19. The first-order chi connectivity index (χ1) is 9.04. The zero-order valence-electron chi connectivity index (χ0n) is 9.95. The van der Waals surface area contributed by atoms with Crippen LogP contribution in [-0.2, 0) is 0 Å². The van der Waals surface area contributed by atoms with Crippen LogP contribution in [0.2, 0.25) is 0 Å². The van der Waals surface area contributed by atoms with Gasteiger partial charge < -0.3 is 10.4 Å². The van der Waals surface area contributed by atoms with Gasteiger partial charge in [-0.15, -0.1) is 0 Å². The van der Waals surface area contributed by atoms with E-state index in [4.69, 9.17) is 0 Å². The summed E-state index contributed by atoms with van der Waals surface area (Å²) in [6.45, 7) is 0. The van der Waals surface area contributed by atoms with Crippen molar-refractivity contribution in [3.8, 4) is 11.1 Å². The lowest BCUT2D eigenvalue weighted by Gasteiger charge is -2.11. The Bertz CT molecular complexity index is 647. The second-order valence-corrected chi connectivity index (χ2v) is 4.68. The molecule has 0 radical (unpaired) electrons. The molecule has 0 aliphatic carbocycles. The SMILES string of the molecule is CNc1nccc(-c2cc(Br)ccc2F)c1C(=O)O. The van der Waals surface area contributed by atoms with Crippen LogP contribution in [0.1, 0.15) is 10.4 Å². The fraction of sp³-hybridized carbons (Fsp3) is 0.0769. The maximum Gasteiger partial charge on any atom is 0.340 e. The Morgan fingerprint density at radius 1 is 1.37 bits per heavy atom. The molecule has 0 aliphatic heterocycles. The van der Waals surface area contributed by atoms with Crippen molar-refractivity contribution in [2.24, 2.45) is 0 Å². The molecule has 6 heteroatoms. The van der Waals surface area contributed by atoms with Gasteiger partial charge in [0.05, 0.1) is 0 Å². The quantitative estimate of drug-likeness (QED) is 0.908. The number of hydrogen-bond donors (Lipinski definition) is 2. The fourth-order valence-corrected chi connectivity index (χ4v) is 2.16. The van der Waals surface area contributed by atoms with Crippen molar-refractivity contribution in [3.63, 3.8) is 0 Å². The minimum atomic E-state index is -1.16. The molecule has 0 saturated heterocycles. The summed E-state index contributed by atoms with van der Waals surface area (Å²) in [6, 6.07) is 5.86. The first-order valence-corrected chi connectivity index (χ1v) is 6.19. The molecule has 4 nitrogen and oxygen atoms in total. The number of hydrogen-bond acceptors (Lipinski definition) is 3. The third-order valence-electron chi connectivity index (χ3n) is 2.62. The summed E-state index contributed by atoms with van der Waals surface area (Å²) in [5.74, 6) is -1.45. The van der Waals surface area contributed by atoms with Crippen LogP contribution in [0, 0.1) is 5.82 Å². The van der Waals surface area contributed by atoms with E-state index in [-0.39, 0.29) is 22.5 Å². The predicted octanol–water partition coefficient (Wildman–Crippen LogP) is 3.39. The van der Waals surface area contributed by atoms with Gasteiger partial charge in [0, 0.05) is 28.8 Å². The molecule has 0 fully saturated rings. The third-order valence-corrected chi connectivity index (χ3v) is 3.11. The topological polar surface area (TPSA) is 62.2 Å². The lowest BCUT2D eigenvalue weighted by atomic mass is 10.0. The van der Waals surface area contributed by atoms with E-state index in [1.54, 1.807) is 13.1 Å². The number of carboxylic acids is 1. The number of carbonyl (C=O) groups is 1. The number of anilines is 1. The van der Waals surface area contributed by atoms with E-state index in [0.29, 0.717) is 4.47 Å². The van der Waals surface area contributed by atoms with Crippen LogP contribution >= 0.6 is 15.9 Å². The van der Waals surface area contributed by atoms with E-state index in [1.165, 1.54) is 24.4 Å². The Kier molecular flexibility index (Phi) is 3.80. The minimum Gasteiger partial charge on any atom is -0.478 e. The molecule has 0 atom stereocenters. The summed E-state index contributed by atoms with van der Waals surface area (Å²) in [7, 11) is 1.57. The Labute approximate surface area is 117 Å². The number of benzene rings is 1. The number of aromatic nitrogens is 1. The normalized spacial score (nSPS) is 10.3. The summed E-state index contributed by atoms with van der Waals surface area (Å²) in [4.78, 5) is 15.3. The molecular weight excluding hydrogens is 315 g/mol. The van der Waals surface area contributed by atoms with Crippen LogP contribution in [0.25, 0.3) is 11.1 Å². The fourth-order valence-electron chi connectivity index (χ4n) is 1.80. The van der Waals surface area contributed by atoms with E-state index >= 15 is 0 Å².